The fourth-order valence-corrected chi connectivity index (χ4v) is 3.52. The maximum atomic E-state index is 3.65. The van der Waals surface area contributed by atoms with Crippen molar-refractivity contribution in [3.05, 3.63) is 88.8 Å². The molecule has 26 heavy (non-hydrogen) atoms. The topological polar surface area (TPSA) is 27.3 Å². The molecule has 1 aromatic carbocycles. The van der Waals surface area contributed by atoms with E-state index in [1.807, 2.05) is 13.8 Å². The molecule has 0 radical (unpaired) electrons. The molecule has 3 nitrogen and oxygen atoms in total. The van der Waals surface area contributed by atoms with Gasteiger partial charge in [-0.15, -0.1) is 0 Å². The second-order valence-electron chi connectivity index (χ2n) is 6.72. The van der Waals surface area contributed by atoms with Gasteiger partial charge < -0.3 is 15.5 Å². The molecule has 0 spiro atoms. The van der Waals surface area contributed by atoms with Crippen LogP contribution in [0.25, 0.3) is 5.70 Å². The fourth-order valence-electron chi connectivity index (χ4n) is 3.52. The van der Waals surface area contributed by atoms with Crippen LogP contribution in [0.2, 0.25) is 0 Å². The quantitative estimate of drug-likeness (QED) is 0.826. The molecule has 3 heteroatoms. The van der Waals surface area contributed by atoms with Crippen molar-refractivity contribution in [1.29, 1.82) is 0 Å². The third-order valence-electron chi connectivity index (χ3n) is 4.86. The monoisotopic (exact) mass is 347 g/mol. The summed E-state index contributed by atoms with van der Waals surface area (Å²) in [6.07, 6.45) is 13.3. The van der Waals surface area contributed by atoms with Crippen LogP contribution in [0.4, 0.5) is 0 Å². The van der Waals surface area contributed by atoms with Gasteiger partial charge in [-0.25, -0.2) is 0 Å². The molecular weight excluding hydrogens is 318 g/mol. The lowest BCUT2D eigenvalue weighted by Gasteiger charge is -2.33. The summed E-state index contributed by atoms with van der Waals surface area (Å²) in [4.78, 5) is 2.27. The Bertz CT molecular complexity index is 806. The van der Waals surface area contributed by atoms with Gasteiger partial charge in [-0.05, 0) is 31.1 Å². The van der Waals surface area contributed by atoms with Crippen molar-refractivity contribution in [2.45, 2.75) is 39.9 Å². The van der Waals surface area contributed by atoms with E-state index in [-0.39, 0.29) is 6.17 Å². The normalized spacial score (nSPS) is 23.3. The molecule has 0 aromatic heterocycles. The van der Waals surface area contributed by atoms with E-state index in [1.165, 1.54) is 33.7 Å². The van der Waals surface area contributed by atoms with E-state index >= 15 is 0 Å². The minimum Gasteiger partial charge on any atom is -0.370 e. The molecule has 136 valence electrons. The molecule has 2 heterocycles. The zero-order chi connectivity index (χ0) is 18.7. The van der Waals surface area contributed by atoms with Crippen LogP contribution in [0.1, 0.15) is 31.9 Å². The molecule has 2 N–H and O–H groups in total. The highest BCUT2D eigenvalue weighted by Gasteiger charge is 2.27. The minimum absolute atomic E-state index is 0.108. The highest BCUT2D eigenvalue weighted by Crippen LogP contribution is 2.28. The number of allylic oxidation sites excluding steroid dienone is 3. The zero-order valence-corrected chi connectivity index (χ0v) is 16.4. The molecule has 4 rings (SSSR count). The van der Waals surface area contributed by atoms with E-state index in [9.17, 15) is 0 Å². The first-order valence-electron chi connectivity index (χ1n) is 9.43. The van der Waals surface area contributed by atoms with E-state index < -0.39 is 0 Å². The van der Waals surface area contributed by atoms with Gasteiger partial charge in [0, 0.05) is 24.5 Å². The molecule has 2 aliphatic heterocycles. The average molecular weight is 348 g/mol. The summed E-state index contributed by atoms with van der Waals surface area (Å²) in [5, 5.41) is 7.24. The molecule has 2 atom stereocenters. The first-order chi connectivity index (χ1) is 12.6. The maximum absolute atomic E-state index is 3.65. The molecule has 3 aliphatic rings. The molecule has 1 aliphatic carbocycles. The maximum Gasteiger partial charge on any atom is 0.124 e. The first kappa shape index (κ1) is 18.1. The molecule has 0 bridgehead atoms. The standard InChI is InChI=1S/C21H23N3.C2H6/c1-14-8-10-16(11-9-14)20-15(2)22-21(23-20)18-12-17-6-4-5-7-19(17)24(3)13-18;1-2/h4-13,19,21-23H,1-3H3;1-2H3. The van der Waals surface area contributed by atoms with Crippen LogP contribution in [-0.2, 0) is 0 Å². The number of nitrogens with zero attached hydrogens (tertiary/aromatic N) is 1. The third kappa shape index (κ3) is 3.48. The van der Waals surface area contributed by atoms with Crippen molar-refractivity contribution in [1.82, 2.24) is 15.5 Å². The zero-order valence-electron chi connectivity index (χ0n) is 16.4. The minimum atomic E-state index is 0.108. The number of fused-ring (bicyclic) bond motifs is 1. The van der Waals surface area contributed by atoms with Crippen LogP contribution in [0.5, 0.6) is 0 Å². The summed E-state index contributed by atoms with van der Waals surface area (Å²) in [5.74, 6) is 0. The molecule has 0 amide bonds. The van der Waals surface area contributed by atoms with Crippen molar-refractivity contribution in [3.8, 4) is 0 Å². The molecule has 0 saturated carbocycles. The van der Waals surface area contributed by atoms with Crippen molar-refractivity contribution in [3.63, 3.8) is 0 Å². The summed E-state index contributed by atoms with van der Waals surface area (Å²) >= 11 is 0. The number of aryl methyl sites for hydroxylation is 1. The highest BCUT2D eigenvalue weighted by molar-refractivity contribution is 5.70. The number of likely N-dealkylation sites (N-methyl/N-ethyl adjacent to an activating group) is 1. The Morgan fingerprint density at radius 1 is 0.923 bits per heavy atom. The van der Waals surface area contributed by atoms with Crippen LogP contribution < -0.4 is 10.6 Å². The van der Waals surface area contributed by atoms with Crippen LogP contribution >= 0.6 is 0 Å². The molecule has 0 saturated heterocycles. The van der Waals surface area contributed by atoms with Gasteiger partial charge in [-0.1, -0.05) is 68.0 Å². The Labute approximate surface area is 157 Å². The van der Waals surface area contributed by atoms with Crippen molar-refractivity contribution >= 4 is 5.70 Å². The Morgan fingerprint density at radius 2 is 1.65 bits per heavy atom. The Hall–Kier alpha value is -2.68. The van der Waals surface area contributed by atoms with E-state index in [1.54, 1.807) is 0 Å². The molecular formula is C23H29N3. The number of hydrogen-bond donors (Lipinski definition) is 2. The fraction of sp³-hybridized carbons (Fsp3) is 0.304. The first-order valence-corrected chi connectivity index (χ1v) is 9.43. The lowest BCUT2D eigenvalue weighted by atomic mass is 9.94. The predicted molar refractivity (Wildman–Crippen MR) is 111 cm³/mol. The van der Waals surface area contributed by atoms with Gasteiger partial charge in [0.2, 0.25) is 0 Å². The lowest BCUT2D eigenvalue weighted by molar-refractivity contribution is 0.411. The summed E-state index contributed by atoms with van der Waals surface area (Å²) in [7, 11) is 2.14. The largest absolute Gasteiger partial charge is 0.370 e. The van der Waals surface area contributed by atoms with E-state index in [4.69, 9.17) is 0 Å². The average Bonchev–Trinajstić information content (AvgIpc) is 3.06. The van der Waals surface area contributed by atoms with Crippen LogP contribution in [0.3, 0.4) is 0 Å². The van der Waals surface area contributed by atoms with Crippen molar-refractivity contribution in [2.75, 3.05) is 7.05 Å². The molecule has 2 unspecified atom stereocenters. The Morgan fingerprint density at radius 3 is 2.38 bits per heavy atom. The van der Waals surface area contributed by atoms with Gasteiger partial charge in [0.25, 0.3) is 0 Å². The summed E-state index contributed by atoms with van der Waals surface area (Å²) in [6.45, 7) is 8.25. The predicted octanol–water partition coefficient (Wildman–Crippen LogP) is 4.48. The van der Waals surface area contributed by atoms with E-state index in [0.717, 1.165) is 0 Å². The number of rotatable bonds is 2. The second-order valence-corrected chi connectivity index (χ2v) is 6.72. The van der Waals surface area contributed by atoms with Crippen LogP contribution in [0.15, 0.2) is 77.7 Å². The Balaban J connectivity index is 0.000000948. The van der Waals surface area contributed by atoms with Gasteiger partial charge in [-0.3, -0.25) is 0 Å². The van der Waals surface area contributed by atoms with Crippen molar-refractivity contribution in [2.24, 2.45) is 0 Å². The van der Waals surface area contributed by atoms with Gasteiger partial charge in [-0.2, -0.15) is 0 Å². The summed E-state index contributed by atoms with van der Waals surface area (Å²) in [6, 6.07) is 9.02. The van der Waals surface area contributed by atoms with Gasteiger partial charge in [0.1, 0.15) is 6.17 Å². The third-order valence-corrected chi connectivity index (χ3v) is 4.86. The summed E-state index contributed by atoms with van der Waals surface area (Å²) in [5.41, 5.74) is 7.47. The smallest absolute Gasteiger partial charge is 0.124 e. The van der Waals surface area contributed by atoms with E-state index in [2.05, 4.69) is 97.3 Å². The number of hydrogen-bond acceptors (Lipinski definition) is 3. The number of benzene rings is 1. The second kappa shape index (κ2) is 7.69. The SMILES string of the molecule is CC.CC1=C(c2ccc(C)cc2)NC(C2=CN(C)C3C=CC=CC3=C2)N1. The number of nitrogens with one attached hydrogen (secondary N) is 2. The lowest BCUT2D eigenvalue weighted by Crippen LogP contribution is -2.39. The van der Waals surface area contributed by atoms with Crippen LogP contribution in [-0.4, -0.2) is 24.2 Å². The van der Waals surface area contributed by atoms with Gasteiger partial charge in [0.05, 0.1) is 11.7 Å². The molecule has 0 fully saturated rings. The van der Waals surface area contributed by atoms with Crippen LogP contribution in [0, 0.1) is 6.92 Å². The Kier molecular flexibility index (Phi) is 5.36. The van der Waals surface area contributed by atoms with Crippen molar-refractivity contribution < 1.29 is 0 Å². The van der Waals surface area contributed by atoms with Gasteiger partial charge in [0.15, 0.2) is 0 Å². The van der Waals surface area contributed by atoms with Gasteiger partial charge >= 0.3 is 0 Å². The van der Waals surface area contributed by atoms with E-state index in [0.29, 0.717) is 6.04 Å². The highest BCUT2D eigenvalue weighted by atomic mass is 15.2. The molecule has 1 aromatic rings. The summed E-state index contributed by atoms with van der Waals surface area (Å²) < 4.78 is 0.